The van der Waals surface area contributed by atoms with Crippen LogP contribution >= 0.6 is 11.3 Å². The first-order valence-electron chi connectivity index (χ1n) is 5.72. The van der Waals surface area contributed by atoms with Crippen LogP contribution in [0.15, 0.2) is 24.3 Å². The molecular formula is C12H13N5S. The predicted molar refractivity (Wildman–Crippen MR) is 70.5 cm³/mol. The number of rotatable bonds is 3. The Balaban J connectivity index is 1.94. The third-order valence-electron chi connectivity index (χ3n) is 2.75. The summed E-state index contributed by atoms with van der Waals surface area (Å²) < 4.78 is 1.78. The van der Waals surface area contributed by atoms with Gasteiger partial charge in [0.05, 0.1) is 0 Å². The second-order valence-corrected chi connectivity index (χ2v) is 5.21. The molecule has 0 fully saturated rings. The van der Waals surface area contributed by atoms with Gasteiger partial charge in [0, 0.05) is 13.0 Å². The summed E-state index contributed by atoms with van der Waals surface area (Å²) >= 11 is 1.48. The monoisotopic (exact) mass is 259 g/mol. The summed E-state index contributed by atoms with van der Waals surface area (Å²) in [5, 5.41) is 13.6. The molecule has 18 heavy (non-hydrogen) atoms. The van der Waals surface area contributed by atoms with E-state index in [1.165, 1.54) is 22.5 Å². The number of hydrogen-bond donors (Lipinski definition) is 1. The zero-order chi connectivity index (χ0) is 12.5. The van der Waals surface area contributed by atoms with Gasteiger partial charge in [-0.25, -0.2) is 0 Å². The number of nitrogens with zero attached hydrogens (tertiary/aromatic N) is 4. The summed E-state index contributed by atoms with van der Waals surface area (Å²) in [4.78, 5) is 0.803. The molecule has 0 radical (unpaired) electrons. The summed E-state index contributed by atoms with van der Waals surface area (Å²) in [6.45, 7) is 2.52. The number of aryl methyl sites for hydroxylation is 1. The Labute approximate surface area is 108 Å². The van der Waals surface area contributed by atoms with Gasteiger partial charge >= 0.3 is 0 Å². The highest BCUT2D eigenvalue weighted by molar-refractivity contribution is 7.16. The molecule has 5 nitrogen and oxygen atoms in total. The molecule has 0 aliphatic carbocycles. The van der Waals surface area contributed by atoms with Crippen LogP contribution < -0.4 is 5.73 Å². The van der Waals surface area contributed by atoms with E-state index in [0.29, 0.717) is 6.54 Å². The van der Waals surface area contributed by atoms with Crippen LogP contribution in [0.25, 0.3) is 4.96 Å². The minimum Gasteiger partial charge on any atom is -0.324 e. The van der Waals surface area contributed by atoms with Crippen molar-refractivity contribution in [3.05, 3.63) is 46.2 Å². The molecule has 0 spiro atoms. The molecule has 6 heteroatoms. The molecule has 0 unspecified atom stereocenters. The summed E-state index contributed by atoms with van der Waals surface area (Å²) in [5.74, 6) is 0.852. The van der Waals surface area contributed by atoms with E-state index in [1.807, 2.05) is 0 Å². The van der Waals surface area contributed by atoms with E-state index < -0.39 is 0 Å². The van der Waals surface area contributed by atoms with Crippen molar-refractivity contribution in [1.82, 2.24) is 19.8 Å². The summed E-state index contributed by atoms with van der Waals surface area (Å²) in [7, 11) is 0. The van der Waals surface area contributed by atoms with E-state index in [0.717, 1.165) is 22.2 Å². The molecule has 0 amide bonds. The van der Waals surface area contributed by atoms with Crippen molar-refractivity contribution in [2.75, 3.05) is 0 Å². The van der Waals surface area contributed by atoms with Gasteiger partial charge in [-0.05, 0) is 12.5 Å². The summed E-state index contributed by atoms with van der Waals surface area (Å²) in [5.41, 5.74) is 8.04. The van der Waals surface area contributed by atoms with Crippen molar-refractivity contribution in [3.63, 3.8) is 0 Å². The summed E-state index contributed by atoms with van der Waals surface area (Å²) in [6.07, 6.45) is 0.731. The molecule has 0 aliphatic rings. The van der Waals surface area contributed by atoms with Crippen molar-refractivity contribution in [3.8, 4) is 0 Å². The average Bonchev–Trinajstić information content (AvgIpc) is 2.93. The van der Waals surface area contributed by atoms with Crippen LogP contribution in [0.1, 0.15) is 22.0 Å². The van der Waals surface area contributed by atoms with Crippen molar-refractivity contribution in [2.45, 2.75) is 19.9 Å². The molecule has 0 aliphatic heterocycles. The van der Waals surface area contributed by atoms with Crippen molar-refractivity contribution in [1.29, 1.82) is 0 Å². The van der Waals surface area contributed by atoms with Crippen molar-refractivity contribution >= 4 is 16.3 Å². The van der Waals surface area contributed by atoms with Crippen LogP contribution in [-0.2, 0) is 13.0 Å². The van der Waals surface area contributed by atoms with Gasteiger partial charge in [0.25, 0.3) is 0 Å². The molecule has 0 saturated carbocycles. The second-order valence-electron chi connectivity index (χ2n) is 4.17. The van der Waals surface area contributed by atoms with E-state index in [2.05, 4.69) is 46.5 Å². The highest BCUT2D eigenvalue weighted by Gasteiger charge is 2.11. The van der Waals surface area contributed by atoms with E-state index in [-0.39, 0.29) is 0 Å². The first-order chi connectivity index (χ1) is 8.76. The van der Waals surface area contributed by atoms with Crippen LogP contribution in [-0.4, -0.2) is 19.8 Å². The number of benzene rings is 1. The Bertz CT molecular complexity index is 667. The first kappa shape index (κ1) is 11.3. The van der Waals surface area contributed by atoms with E-state index in [1.54, 1.807) is 4.52 Å². The van der Waals surface area contributed by atoms with Gasteiger partial charge in [0.2, 0.25) is 4.96 Å². The lowest BCUT2D eigenvalue weighted by Gasteiger charge is -1.99. The highest BCUT2D eigenvalue weighted by Crippen LogP contribution is 2.15. The van der Waals surface area contributed by atoms with E-state index in [9.17, 15) is 0 Å². The standard InChI is InChI=1S/C12H13N5S/c1-8-2-4-9(5-3-8)6-10-14-15-12-17(10)16-11(7-13)18-12/h2-5H,6-7,13H2,1H3. The van der Waals surface area contributed by atoms with Crippen LogP contribution in [0, 0.1) is 6.92 Å². The molecule has 1 aromatic carbocycles. The topological polar surface area (TPSA) is 69.1 Å². The maximum Gasteiger partial charge on any atom is 0.234 e. The molecule has 0 bridgehead atoms. The van der Waals surface area contributed by atoms with E-state index in [4.69, 9.17) is 5.73 Å². The van der Waals surface area contributed by atoms with E-state index >= 15 is 0 Å². The molecule has 3 rings (SSSR count). The number of hydrogen-bond acceptors (Lipinski definition) is 5. The normalized spacial score (nSPS) is 11.2. The van der Waals surface area contributed by atoms with Crippen LogP contribution in [0.2, 0.25) is 0 Å². The Morgan fingerprint density at radius 1 is 1.22 bits per heavy atom. The molecular weight excluding hydrogens is 246 g/mol. The molecule has 0 atom stereocenters. The first-order valence-corrected chi connectivity index (χ1v) is 6.53. The Hall–Kier alpha value is -1.79. The largest absolute Gasteiger partial charge is 0.324 e. The zero-order valence-electron chi connectivity index (χ0n) is 10.00. The lowest BCUT2D eigenvalue weighted by molar-refractivity contribution is 0.821. The van der Waals surface area contributed by atoms with Crippen LogP contribution in [0.5, 0.6) is 0 Å². The molecule has 92 valence electrons. The van der Waals surface area contributed by atoms with Crippen molar-refractivity contribution in [2.24, 2.45) is 5.73 Å². The van der Waals surface area contributed by atoms with Gasteiger partial charge in [-0.2, -0.15) is 9.61 Å². The maximum absolute atomic E-state index is 5.58. The van der Waals surface area contributed by atoms with Gasteiger partial charge in [-0.3, -0.25) is 0 Å². The fourth-order valence-electron chi connectivity index (χ4n) is 1.78. The molecule has 2 aromatic heterocycles. The zero-order valence-corrected chi connectivity index (χ0v) is 10.8. The predicted octanol–water partition coefficient (Wildman–Crippen LogP) is 1.54. The highest BCUT2D eigenvalue weighted by atomic mass is 32.1. The van der Waals surface area contributed by atoms with Crippen LogP contribution in [0.3, 0.4) is 0 Å². The lowest BCUT2D eigenvalue weighted by Crippen LogP contribution is -2.00. The number of fused-ring (bicyclic) bond motifs is 1. The molecule has 3 aromatic rings. The average molecular weight is 259 g/mol. The minimum atomic E-state index is 0.442. The third-order valence-corrected chi connectivity index (χ3v) is 3.68. The van der Waals surface area contributed by atoms with Crippen molar-refractivity contribution < 1.29 is 0 Å². The fourth-order valence-corrected chi connectivity index (χ4v) is 2.51. The van der Waals surface area contributed by atoms with Gasteiger partial charge < -0.3 is 5.73 Å². The van der Waals surface area contributed by atoms with Crippen LogP contribution in [0.4, 0.5) is 0 Å². The Morgan fingerprint density at radius 3 is 2.72 bits per heavy atom. The third kappa shape index (κ3) is 2.00. The van der Waals surface area contributed by atoms with Gasteiger partial charge in [0.15, 0.2) is 5.82 Å². The van der Waals surface area contributed by atoms with Gasteiger partial charge in [-0.1, -0.05) is 41.2 Å². The summed E-state index contributed by atoms with van der Waals surface area (Å²) in [6, 6.07) is 8.40. The Morgan fingerprint density at radius 2 is 2.00 bits per heavy atom. The van der Waals surface area contributed by atoms with Gasteiger partial charge in [0.1, 0.15) is 5.01 Å². The maximum atomic E-state index is 5.58. The number of aromatic nitrogens is 4. The number of nitrogens with two attached hydrogens (primary N) is 1. The second kappa shape index (κ2) is 4.47. The molecule has 0 saturated heterocycles. The minimum absolute atomic E-state index is 0.442. The fraction of sp³-hybridized carbons (Fsp3) is 0.250. The quantitative estimate of drug-likeness (QED) is 0.774. The smallest absolute Gasteiger partial charge is 0.234 e. The Kier molecular flexibility index (Phi) is 2.81. The van der Waals surface area contributed by atoms with Gasteiger partial charge in [-0.15, -0.1) is 10.2 Å². The lowest BCUT2D eigenvalue weighted by atomic mass is 10.1. The molecule has 2 heterocycles. The molecule has 2 N–H and O–H groups in total. The SMILES string of the molecule is Cc1ccc(Cc2nnc3sc(CN)nn23)cc1.